The van der Waals surface area contributed by atoms with Gasteiger partial charge in [0.1, 0.15) is 16.9 Å². The lowest BCUT2D eigenvalue weighted by Crippen LogP contribution is -2.33. The second kappa shape index (κ2) is 6.46. The van der Waals surface area contributed by atoms with Gasteiger partial charge in [0.05, 0.1) is 0 Å². The van der Waals surface area contributed by atoms with E-state index in [1.807, 2.05) is 73.9 Å². The number of nitrogens with zero attached hydrogens (tertiary/aromatic N) is 2. The van der Waals surface area contributed by atoms with Crippen molar-refractivity contribution in [3.05, 3.63) is 95.7 Å². The number of benzene rings is 2. The van der Waals surface area contributed by atoms with E-state index in [1.165, 1.54) is 0 Å². The van der Waals surface area contributed by atoms with E-state index in [0.717, 1.165) is 33.3 Å². The van der Waals surface area contributed by atoms with Crippen molar-refractivity contribution >= 4 is 27.7 Å². The number of carbonyl (C=O) groups is 1. The van der Waals surface area contributed by atoms with Crippen LogP contribution in [-0.4, -0.2) is 20.7 Å². The Hall–Kier alpha value is -3.73. The molecule has 0 radical (unpaired) electrons. The maximum absolute atomic E-state index is 13.1. The number of nitrogens with one attached hydrogen (secondary N) is 2. The molecule has 3 aromatic heterocycles. The van der Waals surface area contributed by atoms with Crippen molar-refractivity contribution in [1.29, 1.82) is 0 Å². The Kier molecular flexibility index (Phi) is 3.79. The Bertz CT molecular complexity index is 1330. The fraction of sp³-hybridized carbons (Fsp3) is 0.0870. The number of H-pyrrole nitrogens is 2. The number of rotatable bonds is 4. The molecule has 0 aliphatic heterocycles. The van der Waals surface area contributed by atoms with Gasteiger partial charge >= 0.3 is 0 Å². The summed E-state index contributed by atoms with van der Waals surface area (Å²) in [7, 11) is 0. The first-order chi connectivity index (χ1) is 13.7. The molecule has 2 N–H and O–H groups in total. The van der Waals surface area contributed by atoms with Crippen molar-refractivity contribution in [3.63, 3.8) is 0 Å². The van der Waals surface area contributed by atoms with Crippen molar-refractivity contribution in [1.82, 2.24) is 15.0 Å². The molecule has 0 unspecified atom stereocenters. The Balaban J connectivity index is 1.46. The average molecular weight is 367 g/mol. The van der Waals surface area contributed by atoms with Gasteiger partial charge in [-0.3, -0.25) is 4.79 Å². The molecule has 3 heterocycles. The lowest BCUT2D eigenvalue weighted by molar-refractivity contribution is -0.687. The summed E-state index contributed by atoms with van der Waals surface area (Å²) in [4.78, 5) is 23.9. The fourth-order valence-electron chi connectivity index (χ4n) is 3.66. The number of fused-ring (bicyclic) bond motifs is 2. The third kappa shape index (κ3) is 2.87. The summed E-state index contributed by atoms with van der Waals surface area (Å²) < 4.78 is 2.09. The van der Waals surface area contributed by atoms with E-state index < -0.39 is 0 Å². The van der Waals surface area contributed by atoms with E-state index in [9.17, 15) is 4.79 Å². The van der Waals surface area contributed by atoms with Crippen LogP contribution in [0, 0.1) is 6.92 Å². The zero-order valence-electron chi connectivity index (χ0n) is 15.4. The maximum atomic E-state index is 13.1. The molecule has 0 aliphatic carbocycles. The topological polar surface area (TPSA) is 65.4 Å². The van der Waals surface area contributed by atoms with Crippen LogP contribution < -0.4 is 4.57 Å². The molecule has 0 amide bonds. The summed E-state index contributed by atoms with van der Waals surface area (Å²) in [6, 6.07) is 17.7. The maximum Gasteiger partial charge on any atom is 0.195 e. The van der Waals surface area contributed by atoms with Crippen molar-refractivity contribution in [2.24, 2.45) is 0 Å². The number of aromatic nitrogens is 4. The van der Waals surface area contributed by atoms with Gasteiger partial charge in [-0.15, -0.1) is 0 Å². The number of para-hydroxylation sites is 1. The van der Waals surface area contributed by atoms with Gasteiger partial charge in [0.15, 0.2) is 24.7 Å². The third-order valence-electron chi connectivity index (χ3n) is 4.99. The molecular weight excluding hydrogens is 348 g/mol. The molecule has 0 aliphatic rings. The van der Waals surface area contributed by atoms with Gasteiger partial charge < -0.3 is 9.97 Å². The molecule has 0 saturated carbocycles. The predicted octanol–water partition coefficient (Wildman–Crippen LogP) is 3.92. The van der Waals surface area contributed by atoms with Crippen LogP contribution in [0.15, 0.2) is 73.2 Å². The minimum Gasteiger partial charge on any atom is -0.360 e. The van der Waals surface area contributed by atoms with E-state index in [1.54, 1.807) is 6.20 Å². The molecule has 0 atom stereocenters. The Morgan fingerprint density at radius 1 is 1.07 bits per heavy atom. The smallest absolute Gasteiger partial charge is 0.195 e. The molecule has 5 nitrogen and oxygen atoms in total. The normalized spacial score (nSPS) is 11.3. The fourth-order valence-corrected chi connectivity index (χ4v) is 3.66. The summed E-state index contributed by atoms with van der Waals surface area (Å²) >= 11 is 0. The Morgan fingerprint density at radius 3 is 2.89 bits per heavy atom. The van der Waals surface area contributed by atoms with Crippen molar-refractivity contribution in [2.45, 2.75) is 13.5 Å². The first kappa shape index (κ1) is 16.4. The molecule has 0 spiro atoms. The molecule has 5 heteroatoms. The first-order valence-electron chi connectivity index (χ1n) is 9.22. The van der Waals surface area contributed by atoms with Crippen LogP contribution in [0.25, 0.3) is 21.9 Å². The predicted molar refractivity (Wildman–Crippen MR) is 108 cm³/mol. The first-order valence-corrected chi connectivity index (χ1v) is 9.22. The van der Waals surface area contributed by atoms with Gasteiger partial charge in [0, 0.05) is 39.9 Å². The van der Waals surface area contributed by atoms with Gasteiger partial charge in [0.2, 0.25) is 0 Å². The SMILES string of the molecule is Cc1nc2cc[n+](Cc3cccc(C(=O)c4c[nH]c5ccccc45)c3)cc2[nH]1. The van der Waals surface area contributed by atoms with Crippen molar-refractivity contribution in [3.8, 4) is 0 Å². The van der Waals surface area contributed by atoms with Crippen LogP contribution in [0.1, 0.15) is 27.3 Å². The van der Waals surface area contributed by atoms with E-state index in [0.29, 0.717) is 17.7 Å². The van der Waals surface area contributed by atoms with Gasteiger partial charge in [0.25, 0.3) is 0 Å². The minimum absolute atomic E-state index is 0.0314. The monoisotopic (exact) mass is 367 g/mol. The summed E-state index contributed by atoms with van der Waals surface area (Å²) in [5.74, 6) is 0.933. The molecular formula is C23H19N4O+. The molecule has 0 fully saturated rings. The summed E-state index contributed by atoms with van der Waals surface area (Å²) in [6.07, 6.45) is 5.85. The Labute approximate surface area is 161 Å². The van der Waals surface area contributed by atoms with Crippen LogP contribution in [0.2, 0.25) is 0 Å². The number of pyridine rings is 1. The number of aryl methyl sites for hydroxylation is 1. The zero-order valence-corrected chi connectivity index (χ0v) is 15.4. The second-order valence-corrected chi connectivity index (χ2v) is 7.02. The summed E-state index contributed by atoms with van der Waals surface area (Å²) in [6.45, 7) is 2.63. The zero-order chi connectivity index (χ0) is 19.1. The standard InChI is InChI=1S/C23H18N4O/c1-15-25-21-9-10-27(14-22(21)26-15)13-16-5-4-6-17(11-16)23(28)19-12-24-20-8-3-2-7-18(19)20/h2-12,14H,13H2,1H3,(H,24,28)/p+1. The van der Waals surface area contributed by atoms with Gasteiger partial charge in [-0.2, -0.15) is 4.57 Å². The molecule has 2 aromatic carbocycles. The highest BCUT2D eigenvalue weighted by molar-refractivity contribution is 6.16. The molecule has 28 heavy (non-hydrogen) atoms. The van der Waals surface area contributed by atoms with Crippen molar-refractivity contribution in [2.75, 3.05) is 0 Å². The molecule has 5 rings (SSSR count). The highest BCUT2D eigenvalue weighted by Gasteiger charge is 2.15. The van der Waals surface area contributed by atoms with Gasteiger partial charge in [-0.1, -0.05) is 36.4 Å². The van der Waals surface area contributed by atoms with Crippen LogP contribution in [0.5, 0.6) is 0 Å². The highest BCUT2D eigenvalue weighted by atomic mass is 16.1. The van der Waals surface area contributed by atoms with Crippen molar-refractivity contribution < 1.29 is 9.36 Å². The number of aromatic amines is 2. The largest absolute Gasteiger partial charge is 0.360 e. The summed E-state index contributed by atoms with van der Waals surface area (Å²) in [5.41, 5.74) is 5.41. The summed E-state index contributed by atoms with van der Waals surface area (Å²) in [5, 5.41) is 0.951. The average Bonchev–Trinajstić information content (AvgIpc) is 3.30. The molecule has 5 aromatic rings. The quantitative estimate of drug-likeness (QED) is 0.373. The highest BCUT2D eigenvalue weighted by Crippen LogP contribution is 2.21. The van der Waals surface area contributed by atoms with Crippen LogP contribution in [0.3, 0.4) is 0 Å². The van der Waals surface area contributed by atoms with Gasteiger partial charge in [-0.25, -0.2) is 4.98 Å². The number of carbonyl (C=O) groups excluding carboxylic acids is 1. The van der Waals surface area contributed by atoms with Crippen LogP contribution >= 0.6 is 0 Å². The van der Waals surface area contributed by atoms with E-state index >= 15 is 0 Å². The number of ketones is 1. The van der Waals surface area contributed by atoms with Gasteiger partial charge in [-0.05, 0) is 19.1 Å². The van der Waals surface area contributed by atoms with E-state index in [-0.39, 0.29) is 5.78 Å². The second-order valence-electron chi connectivity index (χ2n) is 7.02. The molecule has 0 bridgehead atoms. The Morgan fingerprint density at radius 2 is 1.96 bits per heavy atom. The van der Waals surface area contributed by atoms with E-state index in [2.05, 4.69) is 19.5 Å². The number of imidazole rings is 1. The van der Waals surface area contributed by atoms with E-state index in [4.69, 9.17) is 0 Å². The lowest BCUT2D eigenvalue weighted by atomic mass is 10.0. The number of hydrogen-bond donors (Lipinski definition) is 2. The lowest BCUT2D eigenvalue weighted by Gasteiger charge is -2.03. The number of hydrogen-bond acceptors (Lipinski definition) is 2. The van der Waals surface area contributed by atoms with Crippen LogP contribution in [-0.2, 0) is 6.54 Å². The van der Waals surface area contributed by atoms with Crippen LogP contribution in [0.4, 0.5) is 0 Å². The molecule has 136 valence electrons. The molecule has 0 saturated heterocycles. The third-order valence-corrected chi connectivity index (χ3v) is 4.99. The minimum atomic E-state index is 0.0314.